The summed E-state index contributed by atoms with van der Waals surface area (Å²) in [5.74, 6) is 0.696. The maximum atomic E-state index is 5.67. The van der Waals surface area contributed by atoms with E-state index in [1.165, 1.54) is 0 Å². The second kappa shape index (κ2) is 4.10. The zero-order valence-electron chi connectivity index (χ0n) is 9.76. The molecule has 5 heteroatoms. The average Bonchev–Trinajstić information content (AvgIpc) is 2.74. The van der Waals surface area contributed by atoms with Gasteiger partial charge in [-0.15, -0.1) is 5.10 Å². The molecule has 0 atom stereocenters. The summed E-state index contributed by atoms with van der Waals surface area (Å²) in [6.07, 6.45) is 1.95. The fourth-order valence-corrected chi connectivity index (χ4v) is 2.46. The van der Waals surface area contributed by atoms with Crippen molar-refractivity contribution in [1.29, 1.82) is 0 Å². The molecule has 0 aliphatic rings. The molecule has 18 heavy (non-hydrogen) atoms. The van der Waals surface area contributed by atoms with Gasteiger partial charge in [0, 0.05) is 17.4 Å². The Morgan fingerprint density at radius 3 is 2.67 bits per heavy atom. The predicted molar refractivity (Wildman–Crippen MR) is 75.3 cm³/mol. The number of aromatic nitrogens is 3. The maximum Gasteiger partial charge on any atom is 0.182 e. The molecule has 0 aliphatic heterocycles. The Kier molecular flexibility index (Phi) is 2.56. The summed E-state index contributed by atoms with van der Waals surface area (Å²) in [6, 6.07) is 9.56. The molecule has 0 unspecified atom stereocenters. The number of anilines is 1. The number of halogens is 1. The van der Waals surface area contributed by atoms with E-state index in [9.17, 15) is 0 Å². The van der Waals surface area contributed by atoms with E-state index < -0.39 is 0 Å². The summed E-state index contributed by atoms with van der Waals surface area (Å²) in [7, 11) is 0. The fraction of sp³-hybridized carbons (Fsp3) is 0.0769. The first-order chi connectivity index (χ1) is 8.63. The molecule has 2 heterocycles. The van der Waals surface area contributed by atoms with Crippen LogP contribution < -0.4 is 5.73 Å². The van der Waals surface area contributed by atoms with Crippen molar-refractivity contribution < 1.29 is 0 Å². The first kappa shape index (κ1) is 11.2. The molecular weight excluding hydrogens is 292 g/mol. The summed E-state index contributed by atoms with van der Waals surface area (Å²) in [5, 5.41) is 4.47. The van der Waals surface area contributed by atoms with Gasteiger partial charge in [-0.1, -0.05) is 0 Å². The number of fused-ring (bicyclic) bond motifs is 1. The molecule has 0 spiro atoms. The van der Waals surface area contributed by atoms with Gasteiger partial charge in [0.2, 0.25) is 0 Å². The van der Waals surface area contributed by atoms with Crippen molar-refractivity contribution in [2.45, 2.75) is 6.92 Å². The monoisotopic (exact) mass is 302 g/mol. The van der Waals surface area contributed by atoms with Crippen LogP contribution in [0.3, 0.4) is 0 Å². The molecule has 1 aromatic carbocycles. The molecule has 3 rings (SSSR count). The van der Waals surface area contributed by atoms with Crippen LogP contribution in [0.4, 0.5) is 5.69 Å². The quantitative estimate of drug-likeness (QED) is 0.703. The number of pyridine rings is 1. The molecule has 0 amide bonds. The van der Waals surface area contributed by atoms with Crippen LogP contribution in [0.5, 0.6) is 0 Å². The summed E-state index contributed by atoms with van der Waals surface area (Å²) >= 11 is 3.50. The van der Waals surface area contributed by atoms with Crippen molar-refractivity contribution in [3.63, 3.8) is 0 Å². The number of rotatable bonds is 1. The topological polar surface area (TPSA) is 56.2 Å². The van der Waals surface area contributed by atoms with Crippen LogP contribution in [-0.2, 0) is 0 Å². The summed E-state index contributed by atoms with van der Waals surface area (Å²) in [5.41, 5.74) is 9.30. The smallest absolute Gasteiger partial charge is 0.182 e. The van der Waals surface area contributed by atoms with Crippen LogP contribution in [-0.4, -0.2) is 14.6 Å². The molecule has 0 fully saturated rings. The Balaban J connectivity index is 2.19. The van der Waals surface area contributed by atoms with Gasteiger partial charge in [-0.25, -0.2) is 9.50 Å². The normalized spacial score (nSPS) is 11.0. The first-order valence-electron chi connectivity index (χ1n) is 5.52. The van der Waals surface area contributed by atoms with Gasteiger partial charge in [0.15, 0.2) is 11.5 Å². The highest BCUT2D eigenvalue weighted by Gasteiger charge is 2.09. The number of benzene rings is 1. The summed E-state index contributed by atoms with van der Waals surface area (Å²) in [6.45, 7) is 2.02. The third-order valence-corrected chi connectivity index (χ3v) is 3.28. The Morgan fingerprint density at radius 2 is 1.94 bits per heavy atom. The van der Waals surface area contributed by atoms with Crippen molar-refractivity contribution in [3.05, 3.63) is 46.6 Å². The largest absolute Gasteiger partial charge is 0.399 e. The lowest BCUT2D eigenvalue weighted by Crippen LogP contribution is -1.89. The minimum atomic E-state index is 0.696. The van der Waals surface area contributed by atoms with Gasteiger partial charge in [0.05, 0.1) is 4.47 Å². The fourth-order valence-electron chi connectivity index (χ4n) is 1.83. The molecule has 0 saturated heterocycles. The van der Waals surface area contributed by atoms with Crippen molar-refractivity contribution >= 4 is 27.3 Å². The van der Waals surface area contributed by atoms with E-state index in [4.69, 9.17) is 5.73 Å². The molecular formula is C13H11BrN4. The van der Waals surface area contributed by atoms with Gasteiger partial charge in [0.1, 0.15) is 0 Å². The zero-order valence-corrected chi connectivity index (χ0v) is 11.3. The second-order valence-electron chi connectivity index (χ2n) is 4.19. The Labute approximate surface area is 113 Å². The standard InChI is InChI=1S/C13H11BrN4/c1-8-6-11(14)13-16-12(17-18(13)7-8)9-2-4-10(15)5-3-9/h2-7H,15H2,1H3. The van der Waals surface area contributed by atoms with Crippen molar-refractivity contribution in [3.8, 4) is 11.4 Å². The lowest BCUT2D eigenvalue weighted by Gasteiger charge is -1.96. The van der Waals surface area contributed by atoms with Gasteiger partial charge < -0.3 is 5.73 Å². The molecule has 0 bridgehead atoms. The third-order valence-electron chi connectivity index (χ3n) is 2.69. The summed E-state index contributed by atoms with van der Waals surface area (Å²) < 4.78 is 2.72. The molecule has 90 valence electrons. The van der Waals surface area contributed by atoms with Gasteiger partial charge in [-0.05, 0) is 58.7 Å². The highest BCUT2D eigenvalue weighted by molar-refractivity contribution is 9.10. The van der Waals surface area contributed by atoms with Crippen LogP contribution in [0.25, 0.3) is 17.0 Å². The van der Waals surface area contributed by atoms with Crippen LogP contribution in [0.15, 0.2) is 41.0 Å². The zero-order chi connectivity index (χ0) is 12.7. The van der Waals surface area contributed by atoms with E-state index in [1.54, 1.807) is 4.52 Å². The number of aryl methyl sites for hydroxylation is 1. The SMILES string of the molecule is Cc1cc(Br)c2nc(-c3ccc(N)cc3)nn2c1. The highest BCUT2D eigenvalue weighted by atomic mass is 79.9. The van der Waals surface area contributed by atoms with Crippen LogP contribution in [0.1, 0.15) is 5.56 Å². The van der Waals surface area contributed by atoms with Crippen molar-refractivity contribution in [1.82, 2.24) is 14.6 Å². The van der Waals surface area contributed by atoms with E-state index in [1.807, 2.05) is 43.5 Å². The number of nitrogens with zero attached hydrogens (tertiary/aromatic N) is 3. The number of nitrogens with two attached hydrogens (primary N) is 1. The molecule has 3 aromatic rings. The van der Waals surface area contributed by atoms with Gasteiger partial charge in [0.25, 0.3) is 0 Å². The van der Waals surface area contributed by atoms with Gasteiger partial charge in [-0.2, -0.15) is 0 Å². The second-order valence-corrected chi connectivity index (χ2v) is 5.05. The Bertz CT molecular complexity index is 716. The number of nitrogen functional groups attached to an aromatic ring is 1. The highest BCUT2D eigenvalue weighted by Crippen LogP contribution is 2.22. The predicted octanol–water partition coefficient (Wildman–Crippen LogP) is 3.05. The number of hydrogen-bond acceptors (Lipinski definition) is 3. The minimum Gasteiger partial charge on any atom is -0.399 e. The molecule has 0 aliphatic carbocycles. The van der Waals surface area contributed by atoms with Crippen LogP contribution >= 0.6 is 15.9 Å². The molecule has 0 radical (unpaired) electrons. The molecule has 0 saturated carbocycles. The van der Waals surface area contributed by atoms with E-state index in [0.29, 0.717) is 5.82 Å². The maximum absolute atomic E-state index is 5.67. The van der Waals surface area contributed by atoms with Crippen molar-refractivity contribution in [2.24, 2.45) is 0 Å². The van der Waals surface area contributed by atoms with E-state index in [2.05, 4.69) is 26.0 Å². The van der Waals surface area contributed by atoms with Gasteiger partial charge in [-0.3, -0.25) is 0 Å². The molecule has 4 nitrogen and oxygen atoms in total. The van der Waals surface area contributed by atoms with E-state index >= 15 is 0 Å². The average molecular weight is 303 g/mol. The van der Waals surface area contributed by atoms with Gasteiger partial charge >= 0.3 is 0 Å². The minimum absolute atomic E-state index is 0.696. The number of hydrogen-bond donors (Lipinski definition) is 1. The lowest BCUT2D eigenvalue weighted by atomic mass is 10.2. The van der Waals surface area contributed by atoms with E-state index in [0.717, 1.165) is 26.9 Å². The first-order valence-corrected chi connectivity index (χ1v) is 6.31. The molecule has 2 N–H and O–H groups in total. The van der Waals surface area contributed by atoms with E-state index in [-0.39, 0.29) is 0 Å². The lowest BCUT2D eigenvalue weighted by molar-refractivity contribution is 0.953. The Morgan fingerprint density at radius 1 is 1.22 bits per heavy atom. The Hall–Kier alpha value is -1.88. The summed E-state index contributed by atoms with van der Waals surface area (Å²) in [4.78, 5) is 4.52. The third kappa shape index (κ3) is 1.86. The molecule has 2 aromatic heterocycles. The van der Waals surface area contributed by atoms with Crippen LogP contribution in [0.2, 0.25) is 0 Å². The van der Waals surface area contributed by atoms with Crippen LogP contribution in [0, 0.1) is 6.92 Å². The van der Waals surface area contributed by atoms with Crippen molar-refractivity contribution in [2.75, 3.05) is 5.73 Å².